The third kappa shape index (κ3) is 2.94. The molecule has 3 rings (SSSR count). The van der Waals surface area contributed by atoms with Crippen molar-refractivity contribution in [3.8, 4) is 5.88 Å². The Morgan fingerprint density at radius 2 is 2.19 bits per heavy atom. The summed E-state index contributed by atoms with van der Waals surface area (Å²) in [5.41, 5.74) is 1.48. The van der Waals surface area contributed by atoms with Crippen molar-refractivity contribution < 1.29 is 9.13 Å². The number of aromatic nitrogens is 3. The third-order valence-corrected chi connectivity index (χ3v) is 3.78. The molecule has 1 aliphatic rings. The van der Waals surface area contributed by atoms with Gasteiger partial charge in [0.25, 0.3) is 0 Å². The second-order valence-corrected chi connectivity index (χ2v) is 5.11. The lowest BCUT2D eigenvalue weighted by molar-refractivity contribution is 0.393. The van der Waals surface area contributed by atoms with Crippen LogP contribution in [0.1, 0.15) is 36.4 Å². The highest BCUT2D eigenvalue weighted by atomic mass is 19.1. The minimum Gasteiger partial charge on any atom is -0.481 e. The van der Waals surface area contributed by atoms with Gasteiger partial charge in [0.2, 0.25) is 5.88 Å². The highest BCUT2D eigenvalue weighted by Gasteiger charge is 2.25. The SMILES string of the molecule is COc1cc(CNc2ncnc(C3CCC3)c2F)ccn1. The highest BCUT2D eigenvalue weighted by molar-refractivity contribution is 5.39. The van der Waals surface area contributed by atoms with Gasteiger partial charge in [-0.1, -0.05) is 6.42 Å². The number of nitrogens with one attached hydrogen (secondary N) is 1. The van der Waals surface area contributed by atoms with Gasteiger partial charge in [-0.3, -0.25) is 0 Å². The zero-order chi connectivity index (χ0) is 14.7. The van der Waals surface area contributed by atoms with Gasteiger partial charge in [0.1, 0.15) is 6.33 Å². The maximum absolute atomic E-state index is 14.4. The van der Waals surface area contributed by atoms with Crippen molar-refractivity contribution >= 4 is 5.82 Å². The largest absolute Gasteiger partial charge is 0.481 e. The average Bonchev–Trinajstić information content (AvgIpc) is 2.46. The lowest BCUT2D eigenvalue weighted by Gasteiger charge is -2.25. The van der Waals surface area contributed by atoms with Crippen molar-refractivity contribution in [1.29, 1.82) is 0 Å². The molecular weight excluding hydrogens is 271 g/mol. The van der Waals surface area contributed by atoms with E-state index in [1.165, 1.54) is 6.33 Å². The predicted molar refractivity (Wildman–Crippen MR) is 76.7 cm³/mol. The molecule has 2 aromatic heterocycles. The first-order valence-corrected chi connectivity index (χ1v) is 7.01. The van der Waals surface area contributed by atoms with Crippen LogP contribution in [0.4, 0.5) is 10.2 Å². The highest BCUT2D eigenvalue weighted by Crippen LogP contribution is 2.37. The molecule has 0 aromatic carbocycles. The molecule has 0 spiro atoms. The second kappa shape index (κ2) is 6.03. The topological polar surface area (TPSA) is 59.9 Å². The van der Waals surface area contributed by atoms with E-state index >= 15 is 0 Å². The Labute approximate surface area is 122 Å². The van der Waals surface area contributed by atoms with Crippen LogP contribution in [0.3, 0.4) is 0 Å². The van der Waals surface area contributed by atoms with Gasteiger partial charge in [0.15, 0.2) is 11.6 Å². The van der Waals surface area contributed by atoms with Crippen molar-refractivity contribution in [2.24, 2.45) is 0 Å². The van der Waals surface area contributed by atoms with Gasteiger partial charge in [-0.05, 0) is 24.5 Å². The van der Waals surface area contributed by atoms with Crippen LogP contribution in [-0.2, 0) is 6.54 Å². The standard InChI is InChI=1S/C15H17FN4O/c1-21-12-7-10(5-6-17-12)8-18-15-13(16)14(19-9-20-15)11-3-2-4-11/h5-7,9,11H,2-4,8H2,1H3,(H,18,19,20). The van der Waals surface area contributed by atoms with E-state index in [2.05, 4.69) is 20.3 Å². The van der Waals surface area contributed by atoms with E-state index < -0.39 is 0 Å². The van der Waals surface area contributed by atoms with Crippen LogP contribution in [0.15, 0.2) is 24.7 Å². The lowest BCUT2D eigenvalue weighted by Crippen LogP contribution is -2.15. The minimum absolute atomic E-state index is 0.245. The fraction of sp³-hybridized carbons (Fsp3) is 0.400. The van der Waals surface area contributed by atoms with Crippen LogP contribution in [0.2, 0.25) is 0 Å². The van der Waals surface area contributed by atoms with Gasteiger partial charge in [-0.15, -0.1) is 0 Å². The molecule has 6 heteroatoms. The zero-order valence-corrected chi connectivity index (χ0v) is 11.8. The fourth-order valence-corrected chi connectivity index (χ4v) is 2.33. The Balaban J connectivity index is 1.72. The van der Waals surface area contributed by atoms with Crippen LogP contribution < -0.4 is 10.1 Å². The third-order valence-electron chi connectivity index (χ3n) is 3.78. The summed E-state index contributed by atoms with van der Waals surface area (Å²) in [5.74, 6) is 0.702. The number of hydrogen-bond acceptors (Lipinski definition) is 5. The van der Waals surface area contributed by atoms with Crippen LogP contribution in [0, 0.1) is 5.82 Å². The van der Waals surface area contributed by atoms with Gasteiger partial charge in [0.05, 0.1) is 12.8 Å². The van der Waals surface area contributed by atoms with E-state index in [0.717, 1.165) is 24.8 Å². The molecule has 21 heavy (non-hydrogen) atoms. The average molecular weight is 288 g/mol. The molecule has 1 N–H and O–H groups in total. The number of methoxy groups -OCH3 is 1. The van der Waals surface area contributed by atoms with E-state index in [9.17, 15) is 4.39 Å². The summed E-state index contributed by atoms with van der Waals surface area (Å²) in [6.45, 7) is 0.455. The molecule has 1 aliphatic carbocycles. The lowest BCUT2D eigenvalue weighted by atomic mass is 9.82. The van der Waals surface area contributed by atoms with Gasteiger partial charge in [0, 0.05) is 24.7 Å². The van der Waals surface area contributed by atoms with E-state index in [4.69, 9.17) is 4.74 Å². The van der Waals surface area contributed by atoms with Crippen LogP contribution in [0.25, 0.3) is 0 Å². The van der Waals surface area contributed by atoms with E-state index in [1.807, 2.05) is 6.07 Å². The van der Waals surface area contributed by atoms with Crippen molar-refractivity contribution in [2.45, 2.75) is 31.7 Å². The monoisotopic (exact) mass is 288 g/mol. The molecule has 0 atom stereocenters. The number of anilines is 1. The van der Waals surface area contributed by atoms with Crippen molar-refractivity contribution in [3.05, 3.63) is 41.7 Å². The van der Waals surface area contributed by atoms with Crippen molar-refractivity contribution in [3.63, 3.8) is 0 Å². The molecule has 0 saturated heterocycles. The summed E-state index contributed by atoms with van der Waals surface area (Å²) < 4.78 is 19.4. The Hall–Kier alpha value is -2.24. The Morgan fingerprint density at radius 3 is 2.90 bits per heavy atom. The van der Waals surface area contributed by atoms with Gasteiger partial charge >= 0.3 is 0 Å². The normalized spacial score (nSPS) is 14.6. The molecule has 0 aliphatic heterocycles. The summed E-state index contributed by atoms with van der Waals surface area (Å²) in [7, 11) is 1.56. The summed E-state index contributed by atoms with van der Waals surface area (Å²) in [6, 6.07) is 3.65. The fourth-order valence-electron chi connectivity index (χ4n) is 2.33. The first-order chi connectivity index (χ1) is 10.3. The molecule has 0 bridgehead atoms. The molecule has 110 valence electrons. The van der Waals surface area contributed by atoms with Crippen LogP contribution in [0.5, 0.6) is 5.88 Å². The molecule has 1 saturated carbocycles. The predicted octanol–water partition coefficient (Wildman–Crippen LogP) is 2.90. The zero-order valence-electron chi connectivity index (χ0n) is 11.8. The Morgan fingerprint density at radius 1 is 1.33 bits per heavy atom. The van der Waals surface area contributed by atoms with Crippen molar-refractivity contribution in [1.82, 2.24) is 15.0 Å². The first-order valence-electron chi connectivity index (χ1n) is 7.01. The number of pyridine rings is 1. The van der Waals surface area contributed by atoms with E-state index in [0.29, 0.717) is 18.1 Å². The Kier molecular flexibility index (Phi) is 3.94. The number of hydrogen-bond donors (Lipinski definition) is 1. The van der Waals surface area contributed by atoms with E-state index in [-0.39, 0.29) is 17.6 Å². The minimum atomic E-state index is -0.330. The summed E-state index contributed by atoms with van der Waals surface area (Å²) >= 11 is 0. The number of rotatable bonds is 5. The Bertz CT molecular complexity index is 631. The van der Waals surface area contributed by atoms with Crippen LogP contribution >= 0.6 is 0 Å². The van der Waals surface area contributed by atoms with Gasteiger partial charge in [-0.2, -0.15) is 0 Å². The molecular formula is C15H17FN4O. The summed E-state index contributed by atoms with van der Waals surface area (Å²) in [6.07, 6.45) is 6.25. The van der Waals surface area contributed by atoms with Crippen molar-refractivity contribution in [2.75, 3.05) is 12.4 Å². The number of halogens is 1. The first kappa shape index (κ1) is 13.7. The maximum atomic E-state index is 14.4. The number of nitrogens with zero attached hydrogens (tertiary/aromatic N) is 3. The van der Waals surface area contributed by atoms with Gasteiger partial charge in [-0.25, -0.2) is 19.3 Å². The molecule has 5 nitrogen and oxygen atoms in total. The molecule has 2 heterocycles. The molecule has 0 unspecified atom stereocenters. The molecule has 0 amide bonds. The summed E-state index contributed by atoms with van der Waals surface area (Å²) in [5, 5.41) is 3.01. The number of ether oxygens (including phenoxy) is 1. The molecule has 1 fully saturated rings. The molecule has 2 aromatic rings. The van der Waals surface area contributed by atoms with E-state index in [1.54, 1.807) is 19.4 Å². The van der Waals surface area contributed by atoms with Gasteiger partial charge < -0.3 is 10.1 Å². The smallest absolute Gasteiger partial charge is 0.213 e. The molecule has 0 radical (unpaired) electrons. The van der Waals surface area contributed by atoms with Crippen LogP contribution in [-0.4, -0.2) is 22.1 Å². The summed E-state index contributed by atoms with van der Waals surface area (Å²) in [4.78, 5) is 12.1. The quantitative estimate of drug-likeness (QED) is 0.916. The maximum Gasteiger partial charge on any atom is 0.213 e. The second-order valence-electron chi connectivity index (χ2n) is 5.11.